The van der Waals surface area contributed by atoms with Crippen molar-refractivity contribution in [2.45, 2.75) is 4.90 Å². The third kappa shape index (κ3) is 4.63. The van der Waals surface area contributed by atoms with Crippen LogP contribution in [0.4, 0.5) is 5.13 Å². The molecule has 0 saturated heterocycles. The first-order valence-corrected chi connectivity index (χ1v) is 9.80. The van der Waals surface area contributed by atoms with E-state index in [4.69, 9.17) is 17.3 Å². The number of halogens is 1. The Hall–Kier alpha value is -2.35. The standard InChI is InChI=1S/C18H14ClN3O2S2/c19-12-7-5-11(6-8-12)14-9-26-18(21-14)22-17(24)13-3-1-2-4-15(13)25-10-16(20)23/h1-9H,10H2,(H2,20,23)(H,21,22,24). The number of thiazole rings is 1. The first-order chi connectivity index (χ1) is 12.5. The molecular formula is C18H14ClN3O2S2. The van der Waals surface area contributed by atoms with E-state index < -0.39 is 5.91 Å². The van der Waals surface area contributed by atoms with Crippen molar-refractivity contribution in [1.82, 2.24) is 4.98 Å². The summed E-state index contributed by atoms with van der Waals surface area (Å²) >= 11 is 8.47. The molecule has 0 aliphatic heterocycles. The molecule has 0 bridgehead atoms. The van der Waals surface area contributed by atoms with E-state index in [0.29, 0.717) is 20.6 Å². The predicted molar refractivity (Wildman–Crippen MR) is 107 cm³/mol. The minimum atomic E-state index is -0.433. The van der Waals surface area contributed by atoms with Gasteiger partial charge in [0, 0.05) is 20.9 Å². The molecule has 0 atom stereocenters. The summed E-state index contributed by atoms with van der Waals surface area (Å²) in [6.45, 7) is 0. The lowest BCUT2D eigenvalue weighted by molar-refractivity contribution is -0.115. The second kappa shape index (κ2) is 8.35. The Balaban J connectivity index is 1.75. The van der Waals surface area contributed by atoms with E-state index in [1.54, 1.807) is 30.3 Å². The number of aromatic nitrogens is 1. The fraction of sp³-hybridized carbons (Fsp3) is 0.0556. The molecule has 0 unspecified atom stereocenters. The normalized spacial score (nSPS) is 10.5. The molecular weight excluding hydrogens is 390 g/mol. The van der Waals surface area contributed by atoms with Crippen molar-refractivity contribution >= 4 is 51.6 Å². The first kappa shape index (κ1) is 18.4. The number of anilines is 1. The van der Waals surface area contributed by atoms with Gasteiger partial charge in [-0.05, 0) is 24.3 Å². The highest BCUT2D eigenvalue weighted by atomic mass is 35.5. The summed E-state index contributed by atoms with van der Waals surface area (Å²) in [5, 5.41) is 5.82. The number of benzene rings is 2. The molecule has 0 radical (unpaired) electrons. The maximum absolute atomic E-state index is 12.6. The molecule has 26 heavy (non-hydrogen) atoms. The first-order valence-electron chi connectivity index (χ1n) is 7.56. The van der Waals surface area contributed by atoms with Gasteiger partial charge in [-0.25, -0.2) is 4.98 Å². The SMILES string of the molecule is NC(=O)CSc1ccccc1C(=O)Nc1nc(-c2ccc(Cl)cc2)cs1. The van der Waals surface area contributed by atoms with E-state index in [0.717, 1.165) is 11.3 Å². The Morgan fingerprint density at radius 3 is 2.62 bits per heavy atom. The Kier molecular flexibility index (Phi) is 5.92. The second-order valence-electron chi connectivity index (χ2n) is 5.25. The second-order valence-corrected chi connectivity index (χ2v) is 7.56. The molecule has 3 aromatic rings. The highest BCUT2D eigenvalue weighted by Gasteiger charge is 2.14. The lowest BCUT2D eigenvalue weighted by Gasteiger charge is -2.07. The summed E-state index contributed by atoms with van der Waals surface area (Å²) in [6.07, 6.45) is 0. The lowest BCUT2D eigenvalue weighted by atomic mass is 10.2. The van der Waals surface area contributed by atoms with Gasteiger partial charge in [-0.3, -0.25) is 14.9 Å². The Bertz CT molecular complexity index is 942. The van der Waals surface area contributed by atoms with Crippen LogP contribution in [0.3, 0.4) is 0 Å². The number of hydrogen-bond acceptors (Lipinski definition) is 5. The van der Waals surface area contributed by atoms with Crippen LogP contribution in [0.2, 0.25) is 5.02 Å². The number of carbonyl (C=O) groups excluding carboxylic acids is 2. The van der Waals surface area contributed by atoms with E-state index in [-0.39, 0.29) is 11.7 Å². The number of nitrogens with two attached hydrogens (primary N) is 1. The van der Waals surface area contributed by atoms with Crippen LogP contribution < -0.4 is 11.1 Å². The molecule has 1 aromatic heterocycles. The molecule has 1 heterocycles. The summed E-state index contributed by atoms with van der Waals surface area (Å²) in [6, 6.07) is 14.4. The van der Waals surface area contributed by atoms with Gasteiger partial charge in [0.15, 0.2) is 5.13 Å². The van der Waals surface area contributed by atoms with Crippen molar-refractivity contribution in [3.05, 3.63) is 64.5 Å². The third-order valence-electron chi connectivity index (χ3n) is 3.37. The maximum atomic E-state index is 12.6. The lowest BCUT2D eigenvalue weighted by Crippen LogP contribution is -2.15. The number of nitrogens with one attached hydrogen (secondary N) is 1. The van der Waals surface area contributed by atoms with Gasteiger partial charge in [0.05, 0.1) is 17.0 Å². The molecule has 0 fully saturated rings. The van der Waals surface area contributed by atoms with Gasteiger partial charge in [-0.15, -0.1) is 23.1 Å². The molecule has 8 heteroatoms. The van der Waals surface area contributed by atoms with Crippen LogP contribution in [0.15, 0.2) is 58.8 Å². The summed E-state index contributed by atoms with van der Waals surface area (Å²) in [4.78, 5) is 28.7. The Morgan fingerprint density at radius 1 is 1.15 bits per heavy atom. The van der Waals surface area contributed by atoms with Crippen molar-refractivity contribution in [3.63, 3.8) is 0 Å². The van der Waals surface area contributed by atoms with Crippen molar-refractivity contribution in [2.24, 2.45) is 5.73 Å². The molecule has 0 spiro atoms. The van der Waals surface area contributed by atoms with Crippen LogP contribution in [-0.4, -0.2) is 22.6 Å². The van der Waals surface area contributed by atoms with Gasteiger partial charge in [0.2, 0.25) is 5.91 Å². The maximum Gasteiger partial charge on any atom is 0.258 e. The molecule has 2 amide bonds. The number of carbonyl (C=O) groups is 2. The smallest absolute Gasteiger partial charge is 0.258 e. The van der Waals surface area contributed by atoms with Crippen LogP contribution in [-0.2, 0) is 4.79 Å². The third-order valence-corrected chi connectivity index (χ3v) is 5.47. The van der Waals surface area contributed by atoms with Gasteiger partial charge in [0.1, 0.15) is 0 Å². The number of amides is 2. The van der Waals surface area contributed by atoms with Gasteiger partial charge in [-0.1, -0.05) is 35.9 Å². The van der Waals surface area contributed by atoms with E-state index in [1.165, 1.54) is 23.1 Å². The number of hydrogen-bond donors (Lipinski definition) is 2. The van der Waals surface area contributed by atoms with Gasteiger partial charge >= 0.3 is 0 Å². The summed E-state index contributed by atoms with van der Waals surface area (Å²) in [5.74, 6) is -0.602. The Labute approximate surface area is 163 Å². The fourth-order valence-corrected chi connectivity index (χ4v) is 3.81. The van der Waals surface area contributed by atoms with Crippen LogP contribution in [0.5, 0.6) is 0 Å². The minimum Gasteiger partial charge on any atom is -0.369 e. The van der Waals surface area contributed by atoms with Gasteiger partial charge in [0.25, 0.3) is 5.91 Å². The molecule has 3 N–H and O–H groups in total. The van der Waals surface area contributed by atoms with Crippen LogP contribution in [0.25, 0.3) is 11.3 Å². The number of thioether (sulfide) groups is 1. The van der Waals surface area contributed by atoms with Crippen molar-refractivity contribution < 1.29 is 9.59 Å². The summed E-state index contributed by atoms with van der Waals surface area (Å²) in [5.41, 5.74) is 7.34. The summed E-state index contributed by atoms with van der Waals surface area (Å²) < 4.78 is 0. The van der Waals surface area contributed by atoms with E-state index in [2.05, 4.69) is 10.3 Å². The van der Waals surface area contributed by atoms with Crippen molar-refractivity contribution in [2.75, 3.05) is 11.1 Å². The van der Waals surface area contributed by atoms with Gasteiger partial charge in [-0.2, -0.15) is 0 Å². The van der Waals surface area contributed by atoms with E-state index in [1.807, 2.05) is 23.6 Å². The van der Waals surface area contributed by atoms with Crippen LogP contribution in [0.1, 0.15) is 10.4 Å². The Morgan fingerprint density at radius 2 is 1.88 bits per heavy atom. The predicted octanol–water partition coefficient (Wildman–Crippen LogP) is 4.29. The largest absolute Gasteiger partial charge is 0.369 e. The number of nitrogens with zero attached hydrogens (tertiary/aromatic N) is 1. The molecule has 3 rings (SSSR count). The average molecular weight is 404 g/mol. The van der Waals surface area contributed by atoms with E-state index in [9.17, 15) is 9.59 Å². The molecule has 0 saturated carbocycles. The zero-order chi connectivity index (χ0) is 18.5. The topological polar surface area (TPSA) is 85.1 Å². The number of rotatable bonds is 6. The number of primary amides is 1. The van der Waals surface area contributed by atoms with Crippen molar-refractivity contribution in [1.29, 1.82) is 0 Å². The molecule has 2 aromatic carbocycles. The quantitative estimate of drug-likeness (QED) is 0.601. The molecule has 5 nitrogen and oxygen atoms in total. The van der Waals surface area contributed by atoms with Crippen LogP contribution >= 0.6 is 34.7 Å². The van der Waals surface area contributed by atoms with Crippen molar-refractivity contribution in [3.8, 4) is 11.3 Å². The summed E-state index contributed by atoms with van der Waals surface area (Å²) in [7, 11) is 0. The fourth-order valence-electron chi connectivity index (χ4n) is 2.18. The zero-order valence-electron chi connectivity index (χ0n) is 13.4. The minimum absolute atomic E-state index is 0.113. The zero-order valence-corrected chi connectivity index (χ0v) is 15.8. The average Bonchev–Trinajstić information content (AvgIpc) is 3.09. The molecule has 0 aliphatic carbocycles. The highest BCUT2D eigenvalue weighted by Crippen LogP contribution is 2.27. The molecule has 132 valence electrons. The monoisotopic (exact) mass is 403 g/mol. The van der Waals surface area contributed by atoms with Crippen LogP contribution in [0, 0.1) is 0 Å². The molecule has 0 aliphatic rings. The van der Waals surface area contributed by atoms with Gasteiger partial charge < -0.3 is 5.73 Å². The van der Waals surface area contributed by atoms with E-state index >= 15 is 0 Å². The highest BCUT2D eigenvalue weighted by molar-refractivity contribution is 8.00.